The SMILES string of the molecule is CCOC(=O)N1CCN(C(=O)Cn2nc(-c3ccccc3C)ccc2=O)CC1. The number of hydrogen-bond acceptors (Lipinski definition) is 5. The lowest BCUT2D eigenvalue weighted by Crippen LogP contribution is -2.51. The fourth-order valence-corrected chi connectivity index (χ4v) is 3.15. The standard InChI is InChI=1S/C20H24N4O4/c1-3-28-20(27)23-12-10-22(11-13-23)19(26)14-24-18(25)9-8-17(21-24)16-7-5-4-6-15(16)2/h4-9H,3,10-14H2,1-2H3. The molecule has 2 amide bonds. The van der Waals surface area contributed by atoms with Gasteiger partial charge in [0.05, 0.1) is 12.3 Å². The van der Waals surface area contributed by atoms with Crippen LogP contribution in [0.15, 0.2) is 41.2 Å². The van der Waals surface area contributed by atoms with Crippen LogP contribution in [0, 0.1) is 6.92 Å². The van der Waals surface area contributed by atoms with E-state index in [1.807, 2.05) is 31.2 Å². The molecule has 0 radical (unpaired) electrons. The van der Waals surface area contributed by atoms with Crippen molar-refractivity contribution in [2.75, 3.05) is 32.8 Å². The number of hydrogen-bond donors (Lipinski definition) is 0. The van der Waals surface area contributed by atoms with Crippen LogP contribution in [0.3, 0.4) is 0 Å². The van der Waals surface area contributed by atoms with Crippen molar-refractivity contribution in [1.82, 2.24) is 19.6 Å². The molecular formula is C20H24N4O4. The Balaban J connectivity index is 1.68. The third-order valence-corrected chi connectivity index (χ3v) is 4.73. The van der Waals surface area contributed by atoms with Gasteiger partial charge in [-0.15, -0.1) is 0 Å². The lowest BCUT2D eigenvalue weighted by atomic mass is 10.1. The highest BCUT2D eigenvalue weighted by molar-refractivity contribution is 5.76. The van der Waals surface area contributed by atoms with Crippen molar-refractivity contribution in [2.45, 2.75) is 20.4 Å². The summed E-state index contributed by atoms with van der Waals surface area (Å²) in [6.45, 7) is 5.57. The largest absolute Gasteiger partial charge is 0.450 e. The summed E-state index contributed by atoms with van der Waals surface area (Å²) in [7, 11) is 0. The number of nitrogens with zero attached hydrogens (tertiary/aromatic N) is 4. The van der Waals surface area contributed by atoms with E-state index in [1.165, 1.54) is 10.7 Å². The summed E-state index contributed by atoms with van der Waals surface area (Å²) >= 11 is 0. The molecule has 3 rings (SSSR count). The van der Waals surface area contributed by atoms with Crippen molar-refractivity contribution in [3.05, 3.63) is 52.3 Å². The Morgan fingerprint density at radius 2 is 1.71 bits per heavy atom. The maximum absolute atomic E-state index is 12.6. The molecule has 1 aromatic carbocycles. The molecule has 0 spiro atoms. The molecule has 0 atom stereocenters. The van der Waals surface area contributed by atoms with Crippen LogP contribution in [0.1, 0.15) is 12.5 Å². The van der Waals surface area contributed by atoms with E-state index in [0.29, 0.717) is 38.5 Å². The van der Waals surface area contributed by atoms with E-state index < -0.39 is 0 Å². The average molecular weight is 384 g/mol. The topological polar surface area (TPSA) is 84.7 Å². The molecule has 8 heteroatoms. The molecule has 0 N–H and O–H groups in total. The van der Waals surface area contributed by atoms with E-state index in [-0.39, 0.29) is 24.1 Å². The second-order valence-corrected chi connectivity index (χ2v) is 6.60. The van der Waals surface area contributed by atoms with Crippen molar-refractivity contribution in [2.24, 2.45) is 0 Å². The van der Waals surface area contributed by atoms with Crippen molar-refractivity contribution in [3.63, 3.8) is 0 Å². The highest BCUT2D eigenvalue weighted by atomic mass is 16.6. The van der Waals surface area contributed by atoms with E-state index in [2.05, 4.69) is 5.10 Å². The Kier molecular flexibility index (Phi) is 6.08. The molecular weight excluding hydrogens is 360 g/mol. The number of carbonyl (C=O) groups is 2. The molecule has 148 valence electrons. The second kappa shape index (κ2) is 8.69. The minimum atomic E-state index is -0.363. The van der Waals surface area contributed by atoms with Gasteiger partial charge in [-0.25, -0.2) is 9.48 Å². The predicted octanol–water partition coefficient (Wildman–Crippen LogP) is 1.52. The fourth-order valence-electron chi connectivity index (χ4n) is 3.15. The zero-order valence-electron chi connectivity index (χ0n) is 16.1. The van der Waals surface area contributed by atoms with Crippen LogP contribution in [0.25, 0.3) is 11.3 Å². The quantitative estimate of drug-likeness (QED) is 0.798. The Morgan fingerprint density at radius 3 is 2.39 bits per heavy atom. The number of benzene rings is 1. The van der Waals surface area contributed by atoms with Gasteiger partial charge in [0, 0.05) is 37.8 Å². The van der Waals surface area contributed by atoms with Crippen LogP contribution in [0.4, 0.5) is 4.79 Å². The number of amides is 2. The number of ether oxygens (including phenoxy) is 1. The molecule has 28 heavy (non-hydrogen) atoms. The van der Waals surface area contributed by atoms with Gasteiger partial charge in [0.25, 0.3) is 5.56 Å². The Hall–Kier alpha value is -3.16. The van der Waals surface area contributed by atoms with Gasteiger partial charge < -0.3 is 14.5 Å². The summed E-state index contributed by atoms with van der Waals surface area (Å²) < 4.78 is 6.18. The highest BCUT2D eigenvalue weighted by Gasteiger charge is 2.25. The van der Waals surface area contributed by atoms with Gasteiger partial charge in [-0.2, -0.15) is 5.10 Å². The third-order valence-electron chi connectivity index (χ3n) is 4.73. The van der Waals surface area contributed by atoms with Gasteiger partial charge in [0.1, 0.15) is 6.54 Å². The molecule has 1 aliphatic heterocycles. The molecule has 0 unspecified atom stereocenters. The minimum Gasteiger partial charge on any atom is -0.450 e. The highest BCUT2D eigenvalue weighted by Crippen LogP contribution is 2.19. The van der Waals surface area contributed by atoms with Crippen molar-refractivity contribution >= 4 is 12.0 Å². The molecule has 0 aliphatic carbocycles. The van der Waals surface area contributed by atoms with E-state index in [9.17, 15) is 14.4 Å². The average Bonchev–Trinajstić information content (AvgIpc) is 2.70. The maximum atomic E-state index is 12.6. The first kappa shape index (κ1) is 19.6. The second-order valence-electron chi connectivity index (χ2n) is 6.60. The lowest BCUT2D eigenvalue weighted by Gasteiger charge is -2.34. The number of piperazine rings is 1. The fraction of sp³-hybridized carbons (Fsp3) is 0.400. The van der Waals surface area contributed by atoms with Gasteiger partial charge in [-0.05, 0) is 25.5 Å². The van der Waals surface area contributed by atoms with E-state index in [0.717, 1.165) is 11.1 Å². The van der Waals surface area contributed by atoms with Crippen molar-refractivity contribution in [3.8, 4) is 11.3 Å². The summed E-state index contributed by atoms with van der Waals surface area (Å²) in [5.74, 6) is -0.194. The maximum Gasteiger partial charge on any atom is 0.409 e. The molecule has 1 aliphatic rings. The van der Waals surface area contributed by atoms with Gasteiger partial charge in [-0.1, -0.05) is 24.3 Å². The molecule has 0 saturated carbocycles. The smallest absolute Gasteiger partial charge is 0.409 e. The first-order valence-electron chi connectivity index (χ1n) is 9.33. The normalized spacial score (nSPS) is 14.1. The number of aryl methyl sites for hydroxylation is 1. The molecule has 0 bridgehead atoms. The molecule has 8 nitrogen and oxygen atoms in total. The zero-order valence-corrected chi connectivity index (χ0v) is 16.1. The van der Waals surface area contributed by atoms with E-state index in [4.69, 9.17) is 4.74 Å². The van der Waals surface area contributed by atoms with E-state index >= 15 is 0 Å². The van der Waals surface area contributed by atoms with Crippen LogP contribution in [-0.4, -0.2) is 64.4 Å². The number of rotatable bonds is 4. The number of aromatic nitrogens is 2. The predicted molar refractivity (Wildman–Crippen MR) is 104 cm³/mol. The van der Waals surface area contributed by atoms with Crippen LogP contribution in [0.5, 0.6) is 0 Å². The monoisotopic (exact) mass is 384 g/mol. The molecule has 2 heterocycles. The van der Waals surface area contributed by atoms with Crippen LogP contribution < -0.4 is 5.56 Å². The first-order chi connectivity index (χ1) is 13.5. The van der Waals surface area contributed by atoms with Gasteiger partial charge >= 0.3 is 6.09 Å². The number of carbonyl (C=O) groups excluding carboxylic acids is 2. The summed E-state index contributed by atoms with van der Waals surface area (Å²) in [4.78, 5) is 39.8. The minimum absolute atomic E-state index is 0.127. The molecule has 1 fully saturated rings. The Labute approximate surface area is 163 Å². The Morgan fingerprint density at radius 1 is 1.04 bits per heavy atom. The third kappa shape index (κ3) is 4.39. The summed E-state index contributed by atoms with van der Waals surface area (Å²) in [5.41, 5.74) is 2.29. The first-order valence-corrected chi connectivity index (χ1v) is 9.33. The lowest BCUT2D eigenvalue weighted by molar-refractivity contribution is -0.133. The van der Waals surface area contributed by atoms with E-state index in [1.54, 1.807) is 22.8 Å². The summed E-state index contributed by atoms with van der Waals surface area (Å²) in [5, 5.41) is 4.38. The van der Waals surface area contributed by atoms with Gasteiger partial charge in [-0.3, -0.25) is 9.59 Å². The van der Waals surface area contributed by atoms with Crippen LogP contribution >= 0.6 is 0 Å². The van der Waals surface area contributed by atoms with Crippen molar-refractivity contribution in [1.29, 1.82) is 0 Å². The van der Waals surface area contributed by atoms with Gasteiger partial charge in [0.15, 0.2) is 0 Å². The summed E-state index contributed by atoms with van der Waals surface area (Å²) in [6, 6.07) is 10.9. The van der Waals surface area contributed by atoms with Crippen LogP contribution in [-0.2, 0) is 16.1 Å². The summed E-state index contributed by atoms with van der Waals surface area (Å²) in [6.07, 6.45) is -0.363. The molecule has 1 saturated heterocycles. The molecule has 1 aromatic heterocycles. The van der Waals surface area contributed by atoms with Crippen molar-refractivity contribution < 1.29 is 14.3 Å². The molecule has 2 aromatic rings. The van der Waals surface area contributed by atoms with Crippen LogP contribution in [0.2, 0.25) is 0 Å². The van der Waals surface area contributed by atoms with Gasteiger partial charge in [0.2, 0.25) is 5.91 Å². The Bertz CT molecular complexity index is 916. The zero-order chi connectivity index (χ0) is 20.1.